The van der Waals surface area contributed by atoms with Crippen molar-refractivity contribution in [1.82, 2.24) is 15.2 Å². The SMILES string of the molecule is CCOc1ccccc1NC(=O)CCSc1nnc(-c2ccccc2)c(-c2ccccc2)n1. The topological polar surface area (TPSA) is 77.0 Å². The molecule has 4 rings (SSSR count). The van der Waals surface area contributed by atoms with E-state index in [1.54, 1.807) is 0 Å². The maximum Gasteiger partial charge on any atom is 0.225 e. The van der Waals surface area contributed by atoms with Crippen molar-refractivity contribution in [3.8, 4) is 28.3 Å². The first-order valence-electron chi connectivity index (χ1n) is 10.7. The predicted molar refractivity (Wildman–Crippen MR) is 132 cm³/mol. The van der Waals surface area contributed by atoms with E-state index in [9.17, 15) is 4.79 Å². The molecule has 0 bridgehead atoms. The first-order chi connectivity index (χ1) is 16.2. The Kier molecular flexibility index (Phi) is 7.66. The molecule has 0 saturated heterocycles. The molecular formula is C26H24N4O2S. The number of benzene rings is 3. The number of ether oxygens (including phenoxy) is 1. The first kappa shape index (κ1) is 22.5. The summed E-state index contributed by atoms with van der Waals surface area (Å²) in [5, 5.41) is 12.2. The summed E-state index contributed by atoms with van der Waals surface area (Å²) in [5.74, 6) is 1.10. The molecule has 166 valence electrons. The summed E-state index contributed by atoms with van der Waals surface area (Å²) < 4.78 is 5.57. The fourth-order valence-electron chi connectivity index (χ4n) is 3.26. The van der Waals surface area contributed by atoms with E-state index in [2.05, 4.69) is 15.5 Å². The van der Waals surface area contributed by atoms with Crippen molar-refractivity contribution in [2.24, 2.45) is 0 Å². The van der Waals surface area contributed by atoms with Crippen LogP contribution in [0.4, 0.5) is 5.69 Å². The van der Waals surface area contributed by atoms with Crippen LogP contribution in [-0.2, 0) is 4.79 Å². The number of nitrogens with zero attached hydrogens (tertiary/aromatic N) is 3. The van der Waals surface area contributed by atoms with Gasteiger partial charge in [0.25, 0.3) is 0 Å². The zero-order valence-electron chi connectivity index (χ0n) is 18.3. The van der Waals surface area contributed by atoms with E-state index in [0.717, 1.165) is 22.5 Å². The van der Waals surface area contributed by atoms with E-state index in [-0.39, 0.29) is 5.91 Å². The van der Waals surface area contributed by atoms with Gasteiger partial charge in [-0.05, 0) is 19.1 Å². The second kappa shape index (κ2) is 11.2. The van der Waals surface area contributed by atoms with Crippen molar-refractivity contribution < 1.29 is 9.53 Å². The molecule has 6 nitrogen and oxygen atoms in total. The smallest absolute Gasteiger partial charge is 0.225 e. The first-order valence-corrected chi connectivity index (χ1v) is 11.7. The van der Waals surface area contributed by atoms with Crippen LogP contribution < -0.4 is 10.1 Å². The lowest BCUT2D eigenvalue weighted by Gasteiger charge is -2.11. The van der Waals surface area contributed by atoms with Crippen molar-refractivity contribution in [1.29, 1.82) is 0 Å². The number of anilines is 1. The Hall–Kier alpha value is -3.71. The maximum absolute atomic E-state index is 12.5. The largest absolute Gasteiger partial charge is 0.492 e. The molecule has 0 radical (unpaired) electrons. The van der Waals surface area contributed by atoms with Gasteiger partial charge < -0.3 is 10.1 Å². The quantitative estimate of drug-likeness (QED) is 0.324. The number of para-hydroxylation sites is 2. The Balaban J connectivity index is 1.45. The zero-order valence-corrected chi connectivity index (χ0v) is 19.1. The molecule has 0 aliphatic heterocycles. The molecule has 0 unspecified atom stereocenters. The molecule has 1 amide bonds. The van der Waals surface area contributed by atoms with E-state index in [1.165, 1.54) is 11.8 Å². The van der Waals surface area contributed by atoms with E-state index >= 15 is 0 Å². The zero-order chi connectivity index (χ0) is 22.9. The predicted octanol–water partition coefficient (Wildman–Crippen LogP) is 5.73. The van der Waals surface area contributed by atoms with Gasteiger partial charge in [-0.1, -0.05) is 84.6 Å². The number of hydrogen-bond donors (Lipinski definition) is 1. The Morgan fingerprint density at radius 3 is 2.18 bits per heavy atom. The van der Waals surface area contributed by atoms with Crippen LogP contribution in [0.3, 0.4) is 0 Å². The van der Waals surface area contributed by atoms with Gasteiger partial charge in [-0.15, -0.1) is 10.2 Å². The van der Waals surface area contributed by atoms with Gasteiger partial charge in [-0.2, -0.15) is 0 Å². The second-order valence-electron chi connectivity index (χ2n) is 7.10. The highest BCUT2D eigenvalue weighted by Gasteiger charge is 2.14. The third kappa shape index (κ3) is 5.96. The summed E-state index contributed by atoms with van der Waals surface area (Å²) in [4.78, 5) is 17.2. The van der Waals surface area contributed by atoms with Gasteiger partial charge in [0.05, 0.1) is 12.3 Å². The minimum absolute atomic E-state index is 0.0909. The van der Waals surface area contributed by atoms with E-state index in [1.807, 2.05) is 91.9 Å². The van der Waals surface area contributed by atoms with Crippen molar-refractivity contribution in [2.45, 2.75) is 18.5 Å². The van der Waals surface area contributed by atoms with Gasteiger partial charge in [0, 0.05) is 23.3 Å². The summed E-state index contributed by atoms with van der Waals surface area (Å²) in [6.45, 7) is 2.45. The minimum Gasteiger partial charge on any atom is -0.492 e. The van der Waals surface area contributed by atoms with E-state index < -0.39 is 0 Å². The van der Waals surface area contributed by atoms with Gasteiger partial charge in [0.2, 0.25) is 11.1 Å². The fraction of sp³-hybridized carbons (Fsp3) is 0.154. The van der Waals surface area contributed by atoms with Crippen LogP contribution in [0, 0.1) is 0 Å². The molecule has 1 aromatic heterocycles. The number of thioether (sulfide) groups is 1. The Morgan fingerprint density at radius 2 is 1.48 bits per heavy atom. The second-order valence-corrected chi connectivity index (χ2v) is 8.16. The van der Waals surface area contributed by atoms with Gasteiger partial charge in [0.1, 0.15) is 17.1 Å². The number of rotatable bonds is 9. The lowest BCUT2D eigenvalue weighted by molar-refractivity contribution is -0.115. The lowest BCUT2D eigenvalue weighted by Crippen LogP contribution is -2.13. The van der Waals surface area contributed by atoms with Crippen molar-refractivity contribution in [2.75, 3.05) is 17.7 Å². The average molecular weight is 457 g/mol. The van der Waals surface area contributed by atoms with Gasteiger partial charge in [0.15, 0.2) is 0 Å². The van der Waals surface area contributed by atoms with Crippen LogP contribution in [0.25, 0.3) is 22.5 Å². The summed E-state index contributed by atoms with van der Waals surface area (Å²) in [6, 6.07) is 27.3. The standard InChI is InChI=1S/C26H24N4O2S/c1-2-32-22-16-10-9-15-21(22)27-23(31)17-18-33-26-28-24(19-11-5-3-6-12-19)25(29-30-26)20-13-7-4-8-14-20/h3-16H,2,17-18H2,1H3,(H,27,31). The number of aromatic nitrogens is 3. The number of carbonyl (C=O) groups is 1. The van der Waals surface area contributed by atoms with Crippen molar-refractivity contribution in [3.63, 3.8) is 0 Å². The van der Waals surface area contributed by atoms with E-state index in [4.69, 9.17) is 9.72 Å². The molecule has 0 fully saturated rings. The monoisotopic (exact) mass is 456 g/mol. The van der Waals surface area contributed by atoms with E-state index in [0.29, 0.717) is 35.4 Å². The summed E-state index contributed by atoms with van der Waals surface area (Å²) in [7, 11) is 0. The van der Waals surface area contributed by atoms with Gasteiger partial charge in [-0.25, -0.2) is 4.98 Å². The maximum atomic E-state index is 12.5. The third-order valence-corrected chi connectivity index (χ3v) is 5.62. The van der Waals surface area contributed by atoms with Crippen molar-refractivity contribution in [3.05, 3.63) is 84.9 Å². The number of amides is 1. The Labute approximate surface area is 197 Å². The molecule has 33 heavy (non-hydrogen) atoms. The van der Waals surface area contributed by atoms with Crippen LogP contribution >= 0.6 is 11.8 Å². The molecule has 4 aromatic rings. The molecular weight excluding hydrogens is 432 g/mol. The average Bonchev–Trinajstić information content (AvgIpc) is 2.86. The molecule has 0 aliphatic carbocycles. The van der Waals surface area contributed by atoms with Crippen LogP contribution in [0.15, 0.2) is 90.1 Å². The number of hydrogen-bond acceptors (Lipinski definition) is 6. The number of carbonyl (C=O) groups excluding carboxylic acids is 1. The molecule has 0 aliphatic rings. The summed E-state index contributed by atoms with van der Waals surface area (Å²) in [5.41, 5.74) is 4.11. The van der Waals surface area contributed by atoms with Gasteiger partial charge in [-0.3, -0.25) is 4.79 Å². The minimum atomic E-state index is -0.0909. The summed E-state index contributed by atoms with van der Waals surface area (Å²) in [6.07, 6.45) is 0.315. The molecule has 0 spiro atoms. The van der Waals surface area contributed by atoms with Crippen LogP contribution in [0.1, 0.15) is 13.3 Å². The van der Waals surface area contributed by atoms with Crippen molar-refractivity contribution >= 4 is 23.4 Å². The highest BCUT2D eigenvalue weighted by atomic mass is 32.2. The molecule has 3 aromatic carbocycles. The third-order valence-electron chi connectivity index (χ3n) is 4.78. The highest BCUT2D eigenvalue weighted by molar-refractivity contribution is 7.99. The normalized spacial score (nSPS) is 10.6. The molecule has 1 N–H and O–H groups in total. The molecule has 1 heterocycles. The van der Waals surface area contributed by atoms with Crippen LogP contribution in [0.5, 0.6) is 5.75 Å². The fourth-order valence-corrected chi connectivity index (χ4v) is 3.98. The summed E-state index contributed by atoms with van der Waals surface area (Å²) >= 11 is 1.41. The molecule has 7 heteroatoms. The highest BCUT2D eigenvalue weighted by Crippen LogP contribution is 2.30. The Bertz CT molecular complexity index is 1200. The molecule has 0 atom stereocenters. The van der Waals surface area contributed by atoms with Crippen LogP contribution in [-0.4, -0.2) is 33.4 Å². The number of nitrogens with one attached hydrogen (secondary N) is 1. The molecule has 0 saturated carbocycles. The van der Waals surface area contributed by atoms with Crippen LogP contribution in [0.2, 0.25) is 0 Å². The Morgan fingerprint density at radius 1 is 0.848 bits per heavy atom. The van der Waals surface area contributed by atoms with Gasteiger partial charge >= 0.3 is 0 Å². The lowest BCUT2D eigenvalue weighted by atomic mass is 10.0.